The minimum atomic E-state index is 0.121. The number of fused-ring (bicyclic) bond motifs is 7. The zero-order chi connectivity index (χ0) is 24.4. The lowest BCUT2D eigenvalue weighted by atomic mass is 9.87. The maximum absolute atomic E-state index is 2.46. The summed E-state index contributed by atoms with van der Waals surface area (Å²) in [6, 6.07) is 42.0. The van der Waals surface area contributed by atoms with Gasteiger partial charge in [-0.15, -0.1) is 0 Å². The van der Waals surface area contributed by atoms with E-state index in [4.69, 9.17) is 0 Å². The van der Waals surface area contributed by atoms with Crippen molar-refractivity contribution in [2.24, 2.45) is 0 Å². The van der Waals surface area contributed by atoms with Gasteiger partial charge in [-0.1, -0.05) is 93.6 Å². The van der Waals surface area contributed by atoms with Crippen LogP contribution in [0.25, 0.3) is 55.0 Å². The molecule has 0 bridgehead atoms. The van der Waals surface area contributed by atoms with Gasteiger partial charge in [-0.2, -0.15) is 0 Å². The monoisotopic (exact) mass is 464 g/mol. The van der Waals surface area contributed by atoms with Crippen molar-refractivity contribution in [3.63, 3.8) is 0 Å². The maximum Gasteiger partial charge on any atom is 0.0641 e. The lowest BCUT2D eigenvalue weighted by molar-refractivity contribution is 0.590. The molecular weight excluding hydrogens is 436 g/mol. The van der Waals surface area contributed by atoms with Crippen molar-refractivity contribution in [2.75, 3.05) is 0 Å². The molecule has 0 unspecified atom stereocenters. The third kappa shape index (κ3) is 2.97. The van der Waals surface area contributed by atoms with E-state index >= 15 is 0 Å². The predicted molar refractivity (Wildman–Crippen MR) is 154 cm³/mol. The first kappa shape index (κ1) is 21.0. The molecule has 0 aliphatic heterocycles. The van der Waals surface area contributed by atoms with E-state index in [0.717, 1.165) is 0 Å². The quantitative estimate of drug-likeness (QED) is 0.241. The Labute approximate surface area is 211 Å². The molecule has 0 saturated heterocycles. The molecule has 7 aromatic rings. The van der Waals surface area contributed by atoms with Crippen LogP contribution < -0.4 is 0 Å². The van der Waals surface area contributed by atoms with E-state index in [1.807, 2.05) is 0 Å². The Bertz CT molecular complexity index is 1890. The Balaban J connectivity index is 1.67. The van der Waals surface area contributed by atoms with Crippen molar-refractivity contribution < 1.29 is 0 Å². The lowest BCUT2D eigenvalue weighted by Gasteiger charge is -2.19. The van der Waals surface area contributed by atoms with Crippen LogP contribution in [0.2, 0.25) is 0 Å². The predicted octanol–water partition coefficient (Wildman–Crippen LogP) is 9.18. The molecule has 2 heterocycles. The van der Waals surface area contributed by atoms with Crippen LogP contribution in [0, 0.1) is 0 Å². The molecule has 7 rings (SSSR count). The molecule has 2 nitrogen and oxygen atoms in total. The zero-order valence-electron chi connectivity index (χ0n) is 20.9. The van der Waals surface area contributed by atoms with Gasteiger partial charge in [0.25, 0.3) is 0 Å². The van der Waals surface area contributed by atoms with Crippen LogP contribution in [0.1, 0.15) is 26.3 Å². The highest BCUT2D eigenvalue weighted by Gasteiger charge is 2.21. The van der Waals surface area contributed by atoms with Crippen molar-refractivity contribution in [1.29, 1.82) is 0 Å². The minimum Gasteiger partial charge on any atom is -0.309 e. The number of para-hydroxylation sites is 3. The number of benzene rings is 5. The molecule has 0 amide bonds. The fourth-order valence-corrected chi connectivity index (χ4v) is 5.74. The van der Waals surface area contributed by atoms with E-state index in [2.05, 4.69) is 145 Å². The van der Waals surface area contributed by atoms with Crippen molar-refractivity contribution in [2.45, 2.75) is 26.2 Å². The van der Waals surface area contributed by atoms with E-state index in [-0.39, 0.29) is 5.41 Å². The smallest absolute Gasteiger partial charge is 0.0641 e. The van der Waals surface area contributed by atoms with Gasteiger partial charge in [0.05, 0.1) is 22.1 Å². The van der Waals surface area contributed by atoms with Gasteiger partial charge in [-0.3, -0.25) is 0 Å². The highest BCUT2D eigenvalue weighted by atomic mass is 15.0. The van der Waals surface area contributed by atoms with Crippen LogP contribution in [0.4, 0.5) is 0 Å². The summed E-state index contributed by atoms with van der Waals surface area (Å²) in [5, 5.41) is 5.14. The second kappa shape index (κ2) is 7.60. The molecule has 36 heavy (non-hydrogen) atoms. The van der Waals surface area contributed by atoms with Crippen LogP contribution >= 0.6 is 0 Å². The molecule has 0 atom stereocenters. The van der Waals surface area contributed by atoms with Crippen molar-refractivity contribution in [3.8, 4) is 11.4 Å². The highest BCUT2D eigenvalue weighted by molar-refractivity contribution is 6.26. The Hall–Kier alpha value is -4.30. The molecule has 174 valence electrons. The second-order valence-corrected chi connectivity index (χ2v) is 10.7. The largest absolute Gasteiger partial charge is 0.309 e. The Morgan fingerprint density at radius 2 is 1.03 bits per heavy atom. The molecular formula is C34H28N2. The summed E-state index contributed by atoms with van der Waals surface area (Å²) in [6.07, 6.45) is 0. The van der Waals surface area contributed by atoms with Gasteiger partial charge >= 0.3 is 0 Å². The van der Waals surface area contributed by atoms with Gasteiger partial charge in [0.15, 0.2) is 0 Å². The van der Waals surface area contributed by atoms with E-state index in [9.17, 15) is 0 Å². The van der Waals surface area contributed by atoms with Gasteiger partial charge in [0.1, 0.15) is 0 Å². The molecule has 0 saturated carbocycles. The molecule has 0 N–H and O–H groups in total. The first-order valence-electron chi connectivity index (χ1n) is 12.6. The normalized spacial score (nSPS) is 12.3. The van der Waals surface area contributed by atoms with E-state index in [0.29, 0.717) is 0 Å². The number of rotatable bonds is 2. The van der Waals surface area contributed by atoms with Crippen LogP contribution in [-0.2, 0) is 5.41 Å². The average molecular weight is 465 g/mol. The summed E-state index contributed by atoms with van der Waals surface area (Å²) in [4.78, 5) is 0. The molecule has 2 aromatic heterocycles. The molecule has 0 fully saturated rings. The Morgan fingerprint density at radius 3 is 1.72 bits per heavy atom. The highest BCUT2D eigenvalue weighted by Crippen LogP contribution is 2.41. The van der Waals surface area contributed by atoms with Crippen molar-refractivity contribution in [3.05, 3.63) is 121 Å². The first-order valence-corrected chi connectivity index (χ1v) is 12.6. The fourth-order valence-electron chi connectivity index (χ4n) is 5.74. The molecule has 0 spiro atoms. The van der Waals surface area contributed by atoms with Crippen LogP contribution in [0.5, 0.6) is 0 Å². The summed E-state index contributed by atoms with van der Waals surface area (Å²) in [5.74, 6) is 0. The van der Waals surface area contributed by atoms with Crippen LogP contribution in [-0.4, -0.2) is 9.13 Å². The van der Waals surface area contributed by atoms with Gasteiger partial charge in [-0.25, -0.2) is 0 Å². The molecule has 0 aliphatic rings. The standard InChI is InChI=1S/C34H28N2/c1-34(2,3)23-17-19-25(20-18-23)36-29-15-9-7-13-26(29)27-21-22-31-32(33(27)36)28-14-8-10-16-30(28)35(31)24-11-5-4-6-12-24/h4-22H,1-3H3. The second-order valence-electron chi connectivity index (χ2n) is 10.7. The van der Waals surface area contributed by atoms with E-state index in [1.54, 1.807) is 0 Å². The first-order chi connectivity index (χ1) is 17.5. The molecule has 2 heteroatoms. The summed E-state index contributed by atoms with van der Waals surface area (Å²) in [7, 11) is 0. The van der Waals surface area contributed by atoms with Crippen molar-refractivity contribution in [1.82, 2.24) is 9.13 Å². The summed E-state index contributed by atoms with van der Waals surface area (Å²) < 4.78 is 4.86. The third-order valence-corrected chi connectivity index (χ3v) is 7.48. The van der Waals surface area contributed by atoms with Gasteiger partial charge in [0, 0.05) is 32.9 Å². The van der Waals surface area contributed by atoms with E-state index in [1.165, 1.54) is 60.5 Å². The maximum atomic E-state index is 2.46. The van der Waals surface area contributed by atoms with E-state index < -0.39 is 0 Å². The minimum absolute atomic E-state index is 0.121. The topological polar surface area (TPSA) is 9.86 Å². The van der Waals surface area contributed by atoms with Gasteiger partial charge < -0.3 is 9.13 Å². The SMILES string of the molecule is CC(C)(C)c1ccc(-n2c3ccccc3c3ccc4c(c5ccccc5n4-c4ccccc4)c32)cc1. The third-order valence-electron chi connectivity index (χ3n) is 7.48. The fraction of sp³-hybridized carbons (Fsp3) is 0.118. The molecule has 0 aliphatic carbocycles. The number of hydrogen-bond acceptors (Lipinski definition) is 0. The van der Waals surface area contributed by atoms with Crippen LogP contribution in [0.3, 0.4) is 0 Å². The Morgan fingerprint density at radius 1 is 0.444 bits per heavy atom. The zero-order valence-corrected chi connectivity index (χ0v) is 20.9. The Kier molecular flexibility index (Phi) is 4.44. The summed E-state index contributed by atoms with van der Waals surface area (Å²) in [6.45, 7) is 6.80. The average Bonchev–Trinajstić information content (AvgIpc) is 3.42. The number of aromatic nitrogens is 2. The summed E-state index contributed by atoms with van der Waals surface area (Å²) in [5.41, 5.74) is 8.80. The van der Waals surface area contributed by atoms with Crippen molar-refractivity contribution >= 4 is 43.6 Å². The molecule has 5 aromatic carbocycles. The summed E-state index contributed by atoms with van der Waals surface area (Å²) >= 11 is 0. The van der Waals surface area contributed by atoms with Gasteiger partial charge in [0.2, 0.25) is 0 Å². The molecule has 0 radical (unpaired) electrons. The van der Waals surface area contributed by atoms with Crippen LogP contribution in [0.15, 0.2) is 115 Å². The lowest BCUT2D eigenvalue weighted by Crippen LogP contribution is -2.10. The number of hydrogen-bond donors (Lipinski definition) is 0. The number of nitrogens with zero attached hydrogens (tertiary/aromatic N) is 2. The van der Waals surface area contributed by atoms with Gasteiger partial charge in [-0.05, 0) is 53.4 Å².